The van der Waals surface area contributed by atoms with Crippen LogP contribution in [0.4, 0.5) is 5.69 Å². The number of benzene rings is 2. The van der Waals surface area contributed by atoms with Gasteiger partial charge in [0.15, 0.2) is 0 Å². The molecule has 1 N–H and O–H groups in total. The first kappa shape index (κ1) is 20.6. The van der Waals surface area contributed by atoms with E-state index in [4.69, 9.17) is 0 Å². The van der Waals surface area contributed by atoms with Gasteiger partial charge in [0, 0.05) is 26.2 Å². The summed E-state index contributed by atoms with van der Waals surface area (Å²) in [6, 6.07) is 16.0. The molecule has 2 saturated heterocycles. The lowest BCUT2D eigenvalue weighted by Gasteiger charge is -2.32. The Labute approximate surface area is 179 Å². The lowest BCUT2D eigenvalue weighted by molar-refractivity contribution is -0.121. The number of amides is 2. The van der Waals surface area contributed by atoms with Crippen LogP contribution in [0.25, 0.3) is 0 Å². The van der Waals surface area contributed by atoms with Crippen LogP contribution in [-0.2, 0) is 11.3 Å². The van der Waals surface area contributed by atoms with Crippen LogP contribution in [0, 0.1) is 12.8 Å². The summed E-state index contributed by atoms with van der Waals surface area (Å²) in [5, 5.41) is 3.07. The highest BCUT2D eigenvalue weighted by Gasteiger charge is 2.28. The maximum absolute atomic E-state index is 13.1. The van der Waals surface area contributed by atoms with E-state index in [0.717, 1.165) is 58.4 Å². The van der Waals surface area contributed by atoms with E-state index in [1.807, 2.05) is 29.2 Å². The van der Waals surface area contributed by atoms with Gasteiger partial charge in [-0.15, -0.1) is 0 Å². The molecule has 0 saturated carbocycles. The van der Waals surface area contributed by atoms with Crippen LogP contribution >= 0.6 is 0 Å². The normalized spacial score (nSPS) is 19.6. The fourth-order valence-electron chi connectivity index (χ4n) is 4.59. The highest BCUT2D eigenvalue weighted by atomic mass is 16.2. The van der Waals surface area contributed by atoms with E-state index in [0.29, 0.717) is 11.3 Å². The Morgan fingerprint density at radius 3 is 2.60 bits per heavy atom. The molecule has 2 aliphatic rings. The predicted octanol–water partition coefficient (Wildman–Crippen LogP) is 4.08. The fraction of sp³-hybridized carbons (Fsp3) is 0.440. The van der Waals surface area contributed by atoms with Gasteiger partial charge in [-0.05, 0) is 56.8 Å². The standard InChI is InChI=1S/C25H31N3O2/c1-19-8-6-9-20(16-19)17-27-13-7-10-21(18-27)24(29)26-23-12-3-2-11-22(23)25(30)28-14-4-5-15-28/h2-3,6,8-9,11-12,16,21H,4-5,7,10,13-15,17-18H2,1H3,(H,26,29). The summed E-state index contributed by atoms with van der Waals surface area (Å²) in [5.41, 5.74) is 3.78. The second-order valence-corrected chi connectivity index (χ2v) is 8.60. The molecule has 5 nitrogen and oxygen atoms in total. The van der Waals surface area contributed by atoms with E-state index in [1.54, 1.807) is 0 Å². The van der Waals surface area contributed by atoms with Gasteiger partial charge in [-0.1, -0.05) is 42.0 Å². The number of nitrogens with one attached hydrogen (secondary N) is 1. The monoisotopic (exact) mass is 405 g/mol. The average Bonchev–Trinajstić information content (AvgIpc) is 3.29. The van der Waals surface area contributed by atoms with Crippen LogP contribution in [-0.4, -0.2) is 47.8 Å². The maximum Gasteiger partial charge on any atom is 0.255 e. The van der Waals surface area contributed by atoms with Crippen molar-refractivity contribution in [3.8, 4) is 0 Å². The fourth-order valence-corrected chi connectivity index (χ4v) is 4.59. The lowest BCUT2D eigenvalue weighted by Crippen LogP contribution is -2.40. The van der Waals surface area contributed by atoms with Crippen molar-refractivity contribution in [1.82, 2.24) is 9.80 Å². The molecule has 0 radical (unpaired) electrons. The van der Waals surface area contributed by atoms with Crippen molar-refractivity contribution in [2.24, 2.45) is 5.92 Å². The predicted molar refractivity (Wildman–Crippen MR) is 119 cm³/mol. The molecular weight excluding hydrogens is 374 g/mol. The third-order valence-corrected chi connectivity index (χ3v) is 6.17. The summed E-state index contributed by atoms with van der Waals surface area (Å²) in [6.07, 6.45) is 4.01. The molecule has 2 aromatic carbocycles. The van der Waals surface area contributed by atoms with Crippen LogP contribution in [0.2, 0.25) is 0 Å². The highest BCUT2D eigenvalue weighted by Crippen LogP contribution is 2.24. The average molecular weight is 406 g/mol. The summed E-state index contributed by atoms with van der Waals surface area (Å²) in [4.78, 5) is 30.2. The highest BCUT2D eigenvalue weighted by molar-refractivity contribution is 6.04. The summed E-state index contributed by atoms with van der Waals surface area (Å²) in [7, 11) is 0. The minimum Gasteiger partial charge on any atom is -0.339 e. The number of aryl methyl sites for hydroxylation is 1. The molecule has 0 aromatic heterocycles. The molecule has 0 spiro atoms. The Morgan fingerprint density at radius 1 is 1.00 bits per heavy atom. The van der Waals surface area contributed by atoms with E-state index in [2.05, 4.69) is 41.4 Å². The number of hydrogen-bond acceptors (Lipinski definition) is 3. The zero-order valence-corrected chi connectivity index (χ0v) is 17.8. The van der Waals surface area contributed by atoms with Crippen molar-refractivity contribution in [2.75, 3.05) is 31.5 Å². The van der Waals surface area contributed by atoms with Crippen LogP contribution in [0.1, 0.15) is 47.2 Å². The molecule has 2 aromatic rings. The third kappa shape index (κ3) is 4.90. The second-order valence-electron chi connectivity index (χ2n) is 8.60. The number of hydrogen-bond donors (Lipinski definition) is 1. The van der Waals surface area contributed by atoms with Gasteiger partial charge in [0.25, 0.3) is 5.91 Å². The molecule has 1 atom stereocenters. The van der Waals surface area contributed by atoms with E-state index in [9.17, 15) is 9.59 Å². The van der Waals surface area contributed by atoms with Crippen molar-refractivity contribution in [3.63, 3.8) is 0 Å². The summed E-state index contributed by atoms with van der Waals surface area (Å²) >= 11 is 0. The molecule has 4 rings (SSSR count). The number of anilines is 1. The van der Waals surface area contributed by atoms with E-state index < -0.39 is 0 Å². The zero-order chi connectivity index (χ0) is 20.9. The molecule has 2 fully saturated rings. The Kier molecular flexibility index (Phi) is 6.48. The largest absolute Gasteiger partial charge is 0.339 e. The molecule has 2 heterocycles. The van der Waals surface area contributed by atoms with Crippen LogP contribution in [0.3, 0.4) is 0 Å². The molecule has 0 aliphatic carbocycles. The van der Waals surface area contributed by atoms with Gasteiger partial charge in [-0.3, -0.25) is 14.5 Å². The number of nitrogens with zero attached hydrogens (tertiary/aromatic N) is 2. The number of piperidine rings is 1. The minimum absolute atomic E-state index is 0.0191. The lowest BCUT2D eigenvalue weighted by atomic mass is 9.96. The molecule has 30 heavy (non-hydrogen) atoms. The van der Waals surface area contributed by atoms with Gasteiger partial charge in [0.2, 0.25) is 5.91 Å². The van der Waals surface area contributed by atoms with Crippen molar-refractivity contribution >= 4 is 17.5 Å². The molecule has 2 aliphatic heterocycles. The smallest absolute Gasteiger partial charge is 0.255 e. The van der Waals surface area contributed by atoms with E-state index >= 15 is 0 Å². The minimum atomic E-state index is -0.0569. The number of para-hydroxylation sites is 1. The first-order valence-corrected chi connectivity index (χ1v) is 11.1. The molecule has 2 amide bonds. The summed E-state index contributed by atoms with van der Waals surface area (Å²) in [5.74, 6) is -0.0164. The topological polar surface area (TPSA) is 52.7 Å². The second kappa shape index (κ2) is 9.43. The van der Waals surface area contributed by atoms with Crippen LogP contribution in [0.5, 0.6) is 0 Å². The quantitative estimate of drug-likeness (QED) is 0.815. The number of rotatable bonds is 5. The van der Waals surface area contributed by atoms with Gasteiger partial charge >= 0.3 is 0 Å². The first-order valence-electron chi connectivity index (χ1n) is 11.1. The third-order valence-electron chi connectivity index (χ3n) is 6.17. The van der Waals surface area contributed by atoms with Crippen LogP contribution in [0.15, 0.2) is 48.5 Å². The Morgan fingerprint density at radius 2 is 1.80 bits per heavy atom. The zero-order valence-electron chi connectivity index (χ0n) is 17.8. The molecule has 0 bridgehead atoms. The number of carbonyl (C=O) groups excluding carboxylic acids is 2. The molecule has 158 valence electrons. The molecule has 5 heteroatoms. The molecule has 1 unspecified atom stereocenters. The van der Waals surface area contributed by atoms with Gasteiger partial charge in [0.1, 0.15) is 0 Å². The van der Waals surface area contributed by atoms with Crippen molar-refractivity contribution in [3.05, 3.63) is 65.2 Å². The SMILES string of the molecule is Cc1cccc(CN2CCCC(C(=O)Nc3ccccc3C(=O)N3CCCC3)C2)c1. The van der Waals surface area contributed by atoms with Gasteiger partial charge < -0.3 is 10.2 Å². The van der Waals surface area contributed by atoms with E-state index in [-0.39, 0.29) is 17.7 Å². The number of carbonyl (C=O) groups is 2. The summed E-state index contributed by atoms with van der Waals surface area (Å²) in [6.45, 7) is 6.35. The Bertz CT molecular complexity index is 905. The maximum atomic E-state index is 13.1. The Hall–Kier alpha value is -2.66. The van der Waals surface area contributed by atoms with Crippen molar-refractivity contribution < 1.29 is 9.59 Å². The van der Waals surface area contributed by atoms with Crippen molar-refractivity contribution in [1.29, 1.82) is 0 Å². The number of likely N-dealkylation sites (tertiary alicyclic amines) is 2. The molecular formula is C25H31N3O2. The van der Waals surface area contributed by atoms with Gasteiger partial charge in [-0.25, -0.2) is 0 Å². The van der Waals surface area contributed by atoms with E-state index in [1.165, 1.54) is 11.1 Å². The van der Waals surface area contributed by atoms with Gasteiger partial charge in [0.05, 0.1) is 17.2 Å². The van der Waals surface area contributed by atoms with Gasteiger partial charge in [-0.2, -0.15) is 0 Å². The van der Waals surface area contributed by atoms with Crippen LogP contribution < -0.4 is 5.32 Å². The first-order chi connectivity index (χ1) is 14.6. The Balaban J connectivity index is 1.40. The van der Waals surface area contributed by atoms with Crippen molar-refractivity contribution in [2.45, 2.75) is 39.2 Å². The summed E-state index contributed by atoms with van der Waals surface area (Å²) < 4.78 is 0.